The summed E-state index contributed by atoms with van der Waals surface area (Å²) in [6, 6.07) is 13.8. The Labute approximate surface area is 163 Å². The number of methoxy groups -OCH3 is 1. The molecule has 2 aliphatic rings. The van der Waals surface area contributed by atoms with Crippen LogP contribution in [0.3, 0.4) is 0 Å². The highest BCUT2D eigenvalue weighted by atomic mass is 16.5. The maximum atomic E-state index is 13.0. The van der Waals surface area contributed by atoms with Gasteiger partial charge in [-0.25, -0.2) is 4.90 Å². The summed E-state index contributed by atoms with van der Waals surface area (Å²) in [6.07, 6.45) is 0.191. The number of para-hydroxylation sites is 2. The predicted molar refractivity (Wildman–Crippen MR) is 106 cm³/mol. The van der Waals surface area contributed by atoms with Gasteiger partial charge in [-0.15, -0.1) is 0 Å². The van der Waals surface area contributed by atoms with Gasteiger partial charge in [-0.3, -0.25) is 14.5 Å². The largest absolute Gasteiger partial charge is 0.508 e. The lowest BCUT2D eigenvalue weighted by Crippen LogP contribution is -2.52. The lowest BCUT2D eigenvalue weighted by Gasteiger charge is -2.38. The average molecular weight is 381 g/mol. The van der Waals surface area contributed by atoms with Crippen LogP contribution in [-0.2, 0) is 9.59 Å². The van der Waals surface area contributed by atoms with E-state index in [1.54, 1.807) is 30.3 Å². The molecule has 28 heavy (non-hydrogen) atoms. The summed E-state index contributed by atoms with van der Waals surface area (Å²) < 4.78 is 5.32. The first-order chi connectivity index (χ1) is 13.6. The van der Waals surface area contributed by atoms with Gasteiger partial charge in [0.2, 0.25) is 5.91 Å². The van der Waals surface area contributed by atoms with E-state index in [-0.39, 0.29) is 24.0 Å². The first-order valence-electron chi connectivity index (χ1n) is 9.36. The molecule has 0 aliphatic carbocycles. The predicted octanol–water partition coefficient (Wildman–Crippen LogP) is 1.85. The van der Waals surface area contributed by atoms with Crippen LogP contribution < -0.4 is 14.5 Å². The van der Waals surface area contributed by atoms with E-state index in [4.69, 9.17) is 4.74 Å². The second-order valence-corrected chi connectivity index (χ2v) is 7.00. The van der Waals surface area contributed by atoms with Gasteiger partial charge in [-0.05, 0) is 36.4 Å². The highest BCUT2D eigenvalue weighted by molar-refractivity contribution is 6.23. The number of carbonyl (C=O) groups is 2. The molecule has 2 amide bonds. The highest BCUT2D eigenvalue weighted by Gasteiger charge is 2.44. The molecule has 0 bridgehead atoms. The summed E-state index contributed by atoms with van der Waals surface area (Å²) in [5.41, 5.74) is 1.55. The number of carbonyl (C=O) groups excluding carboxylic acids is 2. The van der Waals surface area contributed by atoms with E-state index in [2.05, 4.69) is 9.80 Å². The molecule has 0 radical (unpaired) electrons. The fraction of sp³-hybridized carbons (Fsp3) is 0.333. The number of aromatic hydroxyl groups is 1. The zero-order chi connectivity index (χ0) is 19.7. The third-order valence-corrected chi connectivity index (χ3v) is 5.42. The lowest BCUT2D eigenvalue weighted by molar-refractivity contribution is -0.123. The molecule has 4 rings (SSSR count). The normalized spacial score (nSPS) is 20.7. The van der Waals surface area contributed by atoms with Gasteiger partial charge in [-0.1, -0.05) is 12.1 Å². The van der Waals surface area contributed by atoms with Crippen LogP contribution in [0.2, 0.25) is 0 Å². The van der Waals surface area contributed by atoms with Gasteiger partial charge in [0.05, 0.1) is 25.3 Å². The molecule has 0 unspecified atom stereocenters. The average Bonchev–Trinajstić information content (AvgIpc) is 3.02. The van der Waals surface area contributed by atoms with Gasteiger partial charge in [0.15, 0.2) is 0 Å². The molecule has 2 aromatic carbocycles. The number of hydrogen-bond acceptors (Lipinski definition) is 6. The first kappa shape index (κ1) is 18.3. The van der Waals surface area contributed by atoms with Crippen molar-refractivity contribution in [3.05, 3.63) is 48.5 Å². The van der Waals surface area contributed by atoms with E-state index < -0.39 is 6.04 Å². The number of amides is 2. The van der Waals surface area contributed by atoms with Crippen LogP contribution in [-0.4, -0.2) is 61.2 Å². The fourth-order valence-electron chi connectivity index (χ4n) is 3.92. The van der Waals surface area contributed by atoms with Crippen LogP contribution in [0, 0.1) is 0 Å². The van der Waals surface area contributed by atoms with Crippen LogP contribution in [0.15, 0.2) is 48.5 Å². The molecule has 1 atom stereocenters. The Morgan fingerprint density at radius 3 is 2.32 bits per heavy atom. The molecular weight excluding hydrogens is 358 g/mol. The lowest BCUT2D eigenvalue weighted by atomic mass is 10.1. The van der Waals surface area contributed by atoms with Gasteiger partial charge in [-0.2, -0.15) is 0 Å². The molecule has 0 saturated carbocycles. The number of nitrogens with zero attached hydrogens (tertiary/aromatic N) is 3. The van der Waals surface area contributed by atoms with Crippen molar-refractivity contribution in [2.45, 2.75) is 12.5 Å². The number of phenolic OH excluding ortho intramolecular Hbond substituents is 1. The molecular formula is C21H23N3O4. The standard InChI is InChI=1S/C21H23N3O4/c1-28-19-5-3-2-4-17(19)24-20(26)14-18(21(24)27)23-12-10-22(11-13-23)15-6-8-16(25)9-7-15/h2-9,18,25H,10-14H2,1H3/t18-/m0/s1. The molecule has 2 heterocycles. The Morgan fingerprint density at radius 2 is 1.64 bits per heavy atom. The number of anilines is 2. The maximum Gasteiger partial charge on any atom is 0.251 e. The second kappa shape index (κ2) is 7.52. The van der Waals surface area contributed by atoms with Crippen molar-refractivity contribution in [3.8, 4) is 11.5 Å². The molecule has 7 nitrogen and oxygen atoms in total. The zero-order valence-corrected chi connectivity index (χ0v) is 15.7. The Morgan fingerprint density at radius 1 is 0.964 bits per heavy atom. The Hall–Kier alpha value is -3.06. The minimum Gasteiger partial charge on any atom is -0.508 e. The molecule has 2 saturated heterocycles. The molecule has 1 N–H and O–H groups in total. The second-order valence-electron chi connectivity index (χ2n) is 7.00. The highest BCUT2D eigenvalue weighted by Crippen LogP contribution is 2.33. The van der Waals surface area contributed by atoms with Crippen molar-refractivity contribution in [1.29, 1.82) is 0 Å². The van der Waals surface area contributed by atoms with Crippen LogP contribution in [0.4, 0.5) is 11.4 Å². The van der Waals surface area contributed by atoms with Gasteiger partial charge < -0.3 is 14.7 Å². The van der Waals surface area contributed by atoms with Gasteiger partial charge in [0.25, 0.3) is 5.91 Å². The van der Waals surface area contributed by atoms with E-state index >= 15 is 0 Å². The van der Waals surface area contributed by atoms with E-state index in [9.17, 15) is 14.7 Å². The third-order valence-electron chi connectivity index (χ3n) is 5.42. The summed E-state index contributed by atoms with van der Waals surface area (Å²) >= 11 is 0. The number of phenols is 1. The fourth-order valence-corrected chi connectivity index (χ4v) is 3.92. The van der Waals surface area contributed by atoms with E-state index in [0.717, 1.165) is 18.8 Å². The topological polar surface area (TPSA) is 73.3 Å². The van der Waals surface area contributed by atoms with E-state index in [1.165, 1.54) is 12.0 Å². The Kier molecular flexibility index (Phi) is 4.92. The minimum absolute atomic E-state index is 0.187. The summed E-state index contributed by atoms with van der Waals surface area (Å²) in [4.78, 5) is 31.2. The molecule has 0 aromatic heterocycles. The van der Waals surface area contributed by atoms with Crippen molar-refractivity contribution < 1.29 is 19.4 Å². The molecule has 2 aliphatic heterocycles. The summed E-state index contributed by atoms with van der Waals surface area (Å²) in [7, 11) is 1.53. The minimum atomic E-state index is -0.431. The zero-order valence-electron chi connectivity index (χ0n) is 15.7. The van der Waals surface area contributed by atoms with Crippen molar-refractivity contribution in [3.63, 3.8) is 0 Å². The maximum absolute atomic E-state index is 13.0. The molecule has 7 heteroatoms. The van der Waals surface area contributed by atoms with Gasteiger partial charge >= 0.3 is 0 Å². The van der Waals surface area contributed by atoms with Crippen molar-refractivity contribution in [1.82, 2.24) is 4.90 Å². The van der Waals surface area contributed by atoms with Crippen LogP contribution in [0.1, 0.15) is 6.42 Å². The smallest absolute Gasteiger partial charge is 0.251 e. The quantitative estimate of drug-likeness (QED) is 0.815. The van der Waals surface area contributed by atoms with Gasteiger partial charge in [0.1, 0.15) is 11.5 Å². The number of piperazine rings is 1. The van der Waals surface area contributed by atoms with Crippen molar-refractivity contribution in [2.24, 2.45) is 0 Å². The number of imide groups is 1. The van der Waals surface area contributed by atoms with Crippen molar-refractivity contribution >= 4 is 23.2 Å². The Bertz CT molecular complexity index is 875. The van der Waals surface area contributed by atoms with Gasteiger partial charge in [0, 0.05) is 31.9 Å². The third kappa shape index (κ3) is 3.29. The molecule has 2 aromatic rings. The first-order valence-corrected chi connectivity index (χ1v) is 9.36. The van der Waals surface area contributed by atoms with Crippen LogP contribution >= 0.6 is 0 Å². The number of ether oxygens (including phenoxy) is 1. The summed E-state index contributed by atoms with van der Waals surface area (Å²) in [5.74, 6) is 0.379. The van der Waals surface area contributed by atoms with Crippen molar-refractivity contribution in [2.75, 3.05) is 43.1 Å². The number of hydrogen-bond donors (Lipinski definition) is 1. The Balaban J connectivity index is 1.45. The summed E-state index contributed by atoms with van der Waals surface area (Å²) in [5, 5.41) is 9.44. The monoisotopic (exact) mass is 381 g/mol. The van der Waals surface area contributed by atoms with Crippen LogP contribution in [0.25, 0.3) is 0 Å². The van der Waals surface area contributed by atoms with E-state index in [1.807, 2.05) is 18.2 Å². The number of benzene rings is 2. The number of rotatable bonds is 4. The summed E-state index contributed by atoms with van der Waals surface area (Å²) in [6.45, 7) is 2.92. The van der Waals surface area contributed by atoms with Crippen LogP contribution in [0.5, 0.6) is 11.5 Å². The van der Waals surface area contributed by atoms with E-state index in [0.29, 0.717) is 24.5 Å². The SMILES string of the molecule is COc1ccccc1N1C(=O)C[C@H](N2CCN(c3ccc(O)cc3)CC2)C1=O. The molecule has 2 fully saturated rings. The molecule has 0 spiro atoms. The molecule has 146 valence electrons.